The molecule has 0 radical (unpaired) electrons. The Kier molecular flexibility index (Phi) is 7.97. The van der Waals surface area contributed by atoms with Crippen molar-refractivity contribution >= 4 is 63.4 Å². The van der Waals surface area contributed by atoms with Crippen molar-refractivity contribution in [3.05, 3.63) is 102 Å². The van der Waals surface area contributed by atoms with Crippen LogP contribution in [0.25, 0.3) is 0 Å². The number of hydrogen-bond donors (Lipinski definition) is 0. The van der Waals surface area contributed by atoms with Crippen LogP contribution in [0, 0.1) is 0 Å². The summed E-state index contributed by atoms with van der Waals surface area (Å²) in [6.45, 7) is 0. The zero-order valence-electron chi connectivity index (χ0n) is 13.9. The van der Waals surface area contributed by atoms with Crippen molar-refractivity contribution in [3.63, 3.8) is 0 Å². The summed E-state index contributed by atoms with van der Waals surface area (Å²) < 4.78 is 22.1. The van der Waals surface area contributed by atoms with Gasteiger partial charge in [0.15, 0.2) is 5.78 Å². The monoisotopic (exact) mass is 572 g/mol. The Morgan fingerprint density at radius 3 is 1.30 bits per heavy atom. The first-order valence-electron chi connectivity index (χ1n) is 7.74. The molecule has 0 aliphatic heterocycles. The zero-order chi connectivity index (χ0) is 19.9. The fourth-order valence-electron chi connectivity index (χ4n) is 2.08. The van der Waals surface area contributed by atoms with Crippen LogP contribution in [-0.4, -0.2) is 15.7 Å². The third kappa shape index (κ3) is 6.10. The lowest BCUT2D eigenvalue weighted by Gasteiger charge is -2.12. The van der Waals surface area contributed by atoms with E-state index < -0.39 is 11.3 Å². The van der Waals surface area contributed by atoms with E-state index in [0.29, 0.717) is 0 Å². The van der Waals surface area contributed by atoms with Gasteiger partial charge >= 0.3 is 0 Å². The molecular formula is C20H15Br3O3S. The highest BCUT2D eigenvalue weighted by Crippen LogP contribution is 2.42. The summed E-state index contributed by atoms with van der Waals surface area (Å²) in [6.07, 6.45) is 0. The van der Waals surface area contributed by atoms with Crippen molar-refractivity contribution in [2.75, 3.05) is 0 Å². The molecule has 0 fully saturated rings. The summed E-state index contributed by atoms with van der Waals surface area (Å²) in [7, 11) is -3.43. The van der Waals surface area contributed by atoms with Crippen LogP contribution >= 0.6 is 47.8 Å². The van der Waals surface area contributed by atoms with Crippen LogP contribution < -0.4 is 0 Å². The Morgan fingerprint density at radius 2 is 0.963 bits per heavy atom. The minimum absolute atomic E-state index is 0.0752. The van der Waals surface area contributed by atoms with Crippen molar-refractivity contribution in [1.82, 2.24) is 0 Å². The second-order valence-corrected chi connectivity index (χ2v) is 15.7. The van der Waals surface area contributed by atoms with Gasteiger partial charge in [0.1, 0.15) is 0 Å². The second-order valence-electron chi connectivity index (χ2n) is 5.32. The molecule has 0 saturated carbocycles. The lowest BCUT2D eigenvalue weighted by atomic mass is 10.0. The van der Waals surface area contributed by atoms with Gasteiger partial charge in [-0.1, -0.05) is 78.9 Å². The van der Waals surface area contributed by atoms with Crippen LogP contribution in [0.15, 0.2) is 95.9 Å². The highest BCUT2D eigenvalue weighted by molar-refractivity contribution is 9.42. The Morgan fingerprint density at radius 1 is 0.630 bits per heavy atom. The maximum atomic E-state index is 11.8. The Bertz CT molecular complexity index is 928. The van der Waals surface area contributed by atoms with E-state index in [-0.39, 0.29) is 10.7 Å². The van der Waals surface area contributed by atoms with Crippen LogP contribution in [0.4, 0.5) is 0 Å². The molecule has 0 bridgehead atoms. The minimum Gasteiger partial charge on any atom is -0.289 e. The zero-order valence-corrected chi connectivity index (χ0v) is 19.5. The molecule has 0 unspecified atom stereocenters. The molecule has 0 N–H and O–H groups in total. The van der Waals surface area contributed by atoms with Gasteiger partial charge in [-0.15, -0.1) is 0 Å². The summed E-state index contributed by atoms with van der Waals surface area (Å²) in [5.74, 6) is 0.0752. The van der Waals surface area contributed by atoms with E-state index >= 15 is 0 Å². The quantitative estimate of drug-likeness (QED) is 0.277. The van der Waals surface area contributed by atoms with Crippen molar-refractivity contribution in [2.24, 2.45) is 0 Å². The largest absolute Gasteiger partial charge is 0.289 e. The van der Waals surface area contributed by atoms with Crippen LogP contribution in [0.5, 0.6) is 0 Å². The number of ketones is 1. The second kappa shape index (κ2) is 9.78. The van der Waals surface area contributed by atoms with Crippen LogP contribution in [0.3, 0.4) is 0 Å². The smallest absolute Gasteiger partial charge is 0.239 e. The van der Waals surface area contributed by atoms with Crippen molar-refractivity contribution in [1.29, 1.82) is 0 Å². The average molecular weight is 575 g/mol. The first-order valence-corrected chi connectivity index (χ1v) is 11.6. The summed E-state index contributed by atoms with van der Waals surface area (Å²) >= 11 is 8.95. The lowest BCUT2D eigenvalue weighted by molar-refractivity contribution is 0.103. The van der Waals surface area contributed by atoms with E-state index in [2.05, 4.69) is 47.8 Å². The molecule has 27 heavy (non-hydrogen) atoms. The molecule has 0 aliphatic carbocycles. The SMILES string of the molecule is O=C(c1ccccc1)c1ccccc1.O=S(=O)(c1ccccc1)C(Br)(Br)Br. The molecule has 3 nitrogen and oxygen atoms in total. The van der Waals surface area contributed by atoms with Gasteiger partial charge in [0, 0.05) is 11.1 Å². The highest BCUT2D eigenvalue weighted by Gasteiger charge is 2.36. The predicted octanol–water partition coefficient (Wildman–Crippen LogP) is 6.17. The topological polar surface area (TPSA) is 51.2 Å². The molecule has 3 rings (SSSR count). The lowest BCUT2D eigenvalue weighted by Crippen LogP contribution is -2.17. The van der Waals surface area contributed by atoms with Gasteiger partial charge < -0.3 is 0 Å². The fraction of sp³-hybridized carbons (Fsp3) is 0.0500. The van der Waals surface area contributed by atoms with Gasteiger partial charge in [0.2, 0.25) is 11.3 Å². The number of sulfone groups is 1. The highest BCUT2D eigenvalue weighted by atomic mass is 80.0. The summed E-state index contributed by atoms with van der Waals surface area (Å²) in [4.78, 5) is 12.1. The van der Waals surface area contributed by atoms with Crippen molar-refractivity contribution < 1.29 is 13.2 Å². The molecule has 140 valence electrons. The van der Waals surface area contributed by atoms with E-state index in [1.807, 2.05) is 60.7 Å². The molecular weight excluding hydrogens is 560 g/mol. The first kappa shape index (κ1) is 22.0. The van der Waals surface area contributed by atoms with Crippen molar-refractivity contribution in [2.45, 2.75) is 6.37 Å². The first-order chi connectivity index (χ1) is 12.7. The number of rotatable bonds is 3. The van der Waals surface area contributed by atoms with Crippen LogP contribution in [-0.2, 0) is 9.84 Å². The molecule has 0 heterocycles. The molecule has 0 saturated heterocycles. The summed E-state index contributed by atoms with van der Waals surface area (Å²) in [5, 5.41) is 0. The number of halogens is 3. The van der Waals surface area contributed by atoms with E-state index in [1.165, 1.54) is 12.1 Å². The van der Waals surface area contributed by atoms with Gasteiger partial charge in [-0.05, 0) is 59.9 Å². The van der Waals surface area contributed by atoms with Gasteiger partial charge in [-0.25, -0.2) is 8.42 Å². The maximum absolute atomic E-state index is 11.8. The maximum Gasteiger partial charge on any atom is 0.239 e. The average Bonchev–Trinajstić information content (AvgIpc) is 2.69. The van der Waals surface area contributed by atoms with Gasteiger partial charge in [-0.3, -0.25) is 4.79 Å². The molecule has 0 atom stereocenters. The summed E-state index contributed by atoms with van der Waals surface area (Å²) in [5.41, 5.74) is 1.47. The fourth-order valence-corrected chi connectivity index (χ4v) is 4.54. The summed E-state index contributed by atoms with van der Waals surface area (Å²) in [6, 6.07) is 26.8. The molecule has 3 aromatic rings. The molecule has 7 heteroatoms. The number of alkyl halides is 3. The molecule has 0 spiro atoms. The minimum atomic E-state index is -3.43. The van der Waals surface area contributed by atoms with E-state index in [4.69, 9.17) is 0 Å². The standard InChI is InChI=1S/C13H10O.C7H5Br3O2S/c14-13(11-7-3-1-4-8-11)12-9-5-2-6-10-12;8-7(9,10)13(11,12)6-4-2-1-3-5-6/h1-10H;1-5H. The Hall–Kier alpha value is -1.28. The number of hydrogen-bond acceptors (Lipinski definition) is 3. The van der Waals surface area contributed by atoms with Gasteiger partial charge in [0.05, 0.1) is 4.90 Å². The van der Waals surface area contributed by atoms with Crippen LogP contribution in [0.1, 0.15) is 15.9 Å². The Balaban J connectivity index is 0.000000194. The van der Waals surface area contributed by atoms with Crippen molar-refractivity contribution in [3.8, 4) is 0 Å². The molecule has 0 aliphatic rings. The predicted molar refractivity (Wildman–Crippen MR) is 119 cm³/mol. The molecule has 0 amide bonds. The third-order valence-electron chi connectivity index (χ3n) is 3.43. The van der Waals surface area contributed by atoms with E-state index in [9.17, 15) is 13.2 Å². The van der Waals surface area contributed by atoms with E-state index in [0.717, 1.165) is 11.1 Å². The van der Waals surface area contributed by atoms with E-state index in [1.54, 1.807) is 18.2 Å². The van der Waals surface area contributed by atoms with Crippen LogP contribution in [0.2, 0.25) is 0 Å². The molecule has 3 aromatic carbocycles. The number of carbonyl (C=O) groups is 1. The third-order valence-corrected chi connectivity index (χ3v) is 8.77. The number of carbonyl (C=O) groups excluding carboxylic acids is 1. The number of benzene rings is 3. The Labute approximate surface area is 184 Å². The van der Waals surface area contributed by atoms with Gasteiger partial charge in [-0.2, -0.15) is 0 Å². The molecule has 0 aromatic heterocycles. The van der Waals surface area contributed by atoms with Gasteiger partial charge in [0.25, 0.3) is 0 Å². The normalized spacial score (nSPS) is 11.2.